The molecule has 0 atom stereocenters. The largest absolute Gasteiger partial charge is 0.425 e. The van der Waals surface area contributed by atoms with Gasteiger partial charge in [0.1, 0.15) is 0 Å². The highest BCUT2D eigenvalue weighted by atomic mass is 79.9. The Morgan fingerprint density at radius 3 is 2.78 bits per heavy atom. The van der Waals surface area contributed by atoms with Gasteiger partial charge in [-0.2, -0.15) is 0 Å². The van der Waals surface area contributed by atoms with Gasteiger partial charge in [-0.3, -0.25) is 4.79 Å². The van der Waals surface area contributed by atoms with Crippen LogP contribution in [0.2, 0.25) is 0 Å². The summed E-state index contributed by atoms with van der Waals surface area (Å²) in [6, 6.07) is 0. The molecule has 0 aliphatic rings. The van der Waals surface area contributed by atoms with Crippen LogP contribution in [-0.4, -0.2) is 10.9 Å². The van der Waals surface area contributed by atoms with Crippen LogP contribution in [0.15, 0.2) is 15.3 Å². The molecule has 1 aromatic rings. The van der Waals surface area contributed by atoms with Crippen molar-refractivity contribution < 1.29 is 9.21 Å². The summed E-state index contributed by atoms with van der Waals surface area (Å²) in [6.45, 7) is 0. The van der Waals surface area contributed by atoms with Gasteiger partial charge >= 0.3 is 5.91 Å². The molecule has 0 saturated carbocycles. The number of nitrogens with zero attached hydrogens (tertiary/aromatic N) is 1. The Hall–Kier alpha value is -0.840. The summed E-state index contributed by atoms with van der Waals surface area (Å²) < 4.78 is 5.08. The molecule has 4 nitrogen and oxygen atoms in total. The third-order valence-electron chi connectivity index (χ3n) is 0.688. The summed E-state index contributed by atoms with van der Waals surface area (Å²) >= 11 is 2.96. The lowest BCUT2D eigenvalue weighted by atomic mass is 10.6. The molecule has 5 heteroatoms. The van der Waals surface area contributed by atoms with Crippen molar-refractivity contribution in [3.05, 3.63) is 16.8 Å². The van der Waals surface area contributed by atoms with Crippen molar-refractivity contribution in [1.29, 1.82) is 0 Å². The summed E-state index contributed by atoms with van der Waals surface area (Å²) in [4.78, 5) is 13.8. The SMILES string of the molecule is NC(=O)c1ncc(Br)o1. The van der Waals surface area contributed by atoms with E-state index < -0.39 is 5.91 Å². The lowest BCUT2D eigenvalue weighted by molar-refractivity contribution is 0.0966. The van der Waals surface area contributed by atoms with Crippen molar-refractivity contribution in [3.8, 4) is 0 Å². The molecule has 0 unspecified atom stereocenters. The summed E-state index contributed by atoms with van der Waals surface area (Å²) in [7, 11) is 0. The molecule has 1 heterocycles. The molecule has 2 N–H and O–H groups in total. The van der Waals surface area contributed by atoms with Crippen LogP contribution in [0.25, 0.3) is 0 Å². The summed E-state index contributed by atoms with van der Waals surface area (Å²) in [5.74, 6) is -0.748. The second kappa shape index (κ2) is 2.18. The Morgan fingerprint density at radius 1 is 1.89 bits per heavy atom. The van der Waals surface area contributed by atoms with Crippen molar-refractivity contribution >= 4 is 21.8 Å². The maximum absolute atomic E-state index is 10.3. The van der Waals surface area contributed by atoms with Crippen molar-refractivity contribution in [2.45, 2.75) is 0 Å². The quantitative estimate of drug-likeness (QED) is 0.703. The standard InChI is InChI=1S/C4H3BrN2O2/c5-2-1-7-4(9-2)3(6)8/h1H,(H2,6,8). The van der Waals surface area contributed by atoms with Gasteiger partial charge in [0.15, 0.2) is 4.67 Å². The van der Waals surface area contributed by atoms with E-state index in [9.17, 15) is 4.79 Å². The van der Waals surface area contributed by atoms with Gasteiger partial charge in [0.2, 0.25) is 0 Å². The van der Waals surface area contributed by atoms with Gasteiger partial charge in [0.05, 0.1) is 6.20 Å². The van der Waals surface area contributed by atoms with Gasteiger partial charge in [-0.25, -0.2) is 4.98 Å². The number of hydrogen-bond donors (Lipinski definition) is 1. The van der Waals surface area contributed by atoms with Gasteiger partial charge in [0, 0.05) is 0 Å². The Morgan fingerprint density at radius 2 is 2.56 bits per heavy atom. The normalized spacial score (nSPS) is 9.44. The predicted octanol–water partition coefficient (Wildman–Crippen LogP) is 0.536. The van der Waals surface area contributed by atoms with E-state index in [1.54, 1.807) is 0 Å². The number of carbonyl (C=O) groups is 1. The summed E-state index contributed by atoms with van der Waals surface area (Å²) in [5.41, 5.74) is 4.81. The van der Waals surface area contributed by atoms with E-state index in [1.165, 1.54) is 6.20 Å². The average Bonchev–Trinajstić information content (AvgIpc) is 2.14. The molecule has 0 saturated heterocycles. The van der Waals surface area contributed by atoms with Crippen LogP contribution < -0.4 is 5.73 Å². The Kier molecular flexibility index (Phi) is 1.52. The van der Waals surface area contributed by atoms with Crippen molar-refractivity contribution in [2.24, 2.45) is 5.73 Å². The highest BCUT2D eigenvalue weighted by Crippen LogP contribution is 2.09. The minimum Gasteiger partial charge on any atom is -0.425 e. The second-order valence-electron chi connectivity index (χ2n) is 1.33. The first kappa shape index (κ1) is 6.28. The van der Waals surface area contributed by atoms with Crippen LogP contribution >= 0.6 is 15.9 Å². The molecule has 0 spiro atoms. The zero-order valence-corrected chi connectivity index (χ0v) is 5.88. The number of amides is 1. The molecule has 9 heavy (non-hydrogen) atoms. The number of rotatable bonds is 1. The van der Waals surface area contributed by atoms with Crippen LogP contribution in [-0.2, 0) is 0 Å². The van der Waals surface area contributed by atoms with Gasteiger partial charge < -0.3 is 10.2 Å². The molecule has 0 radical (unpaired) electrons. The fourth-order valence-corrected chi connectivity index (χ4v) is 0.624. The van der Waals surface area contributed by atoms with Gasteiger partial charge in [-0.05, 0) is 15.9 Å². The molecule has 1 amide bonds. The van der Waals surface area contributed by atoms with E-state index in [4.69, 9.17) is 5.73 Å². The predicted molar refractivity (Wildman–Crippen MR) is 32.7 cm³/mol. The number of aromatic nitrogens is 1. The van der Waals surface area contributed by atoms with Crippen LogP contribution in [0.3, 0.4) is 0 Å². The molecule has 1 aromatic heterocycles. The molecule has 0 aliphatic carbocycles. The van der Waals surface area contributed by atoms with Gasteiger partial charge in [-0.1, -0.05) is 0 Å². The van der Waals surface area contributed by atoms with Crippen molar-refractivity contribution in [3.63, 3.8) is 0 Å². The zero-order chi connectivity index (χ0) is 6.85. The molecule has 0 aromatic carbocycles. The number of halogens is 1. The second-order valence-corrected chi connectivity index (χ2v) is 2.12. The monoisotopic (exact) mass is 190 g/mol. The smallest absolute Gasteiger partial charge is 0.304 e. The Balaban J connectivity index is 2.98. The van der Waals surface area contributed by atoms with E-state index in [0.29, 0.717) is 4.67 Å². The number of carbonyl (C=O) groups excluding carboxylic acids is 1. The highest BCUT2D eigenvalue weighted by molar-refractivity contribution is 9.10. The summed E-state index contributed by atoms with van der Waals surface area (Å²) in [5, 5.41) is 0. The van der Waals surface area contributed by atoms with E-state index in [-0.39, 0.29) is 5.89 Å². The molecular formula is C4H3BrN2O2. The van der Waals surface area contributed by atoms with Crippen LogP contribution in [0.4, 0.5) is 0 Å². The van der Waals surface area contributed by atoms with E-state index in [2.05, 4.69) is 25.3 Å². The molecule has 0 aliphatic heterocycles. The maximum atomic E-state index is 10.3. The average molecular weight is 191 g/mol. The molecule has 0 fully saturated rings. The summed E-state index contributed by atoms with van der Waals surface area (Å²) in [6.07, 6.45) is 1.36. The van der Waals surface area contributed by atoms with E-state index >= 15 is 0 Å². The Bertz CT molecular complexity index is 232. The number of hydrogen-bond acceptors (Lipinski definition) is 3. The minimum absolute atomic E-state index is 0.0816. The van der Waals surface area contributed by atoms with Crippen molar-refractivity contribution in [2.75, 3.05) is 0 Å². The molecule has 1 rings (SSSR count). The Labute approximate surface area is 59.2 Å². The number of oxazole rings is 1. The first-order valence-electron chi connectivity index (χ1n) is 2.11. The zero-order valence-electron chi connectivity index (χ0n) is 4.30. The lowest BCUT2D eigenvalue weighted by Gasteiger charge is -1.80. The number of primary amides is 1. The third-order valence-corrected chi connectivity index (χ3v) is 1.05. The topological polar surface area (TPSA) is 69.1 Å². The fraction of sp³-hybridized carbons (Fsp3) is 0. The molecular weight excluding hydrogens is 188 g/mol. The lowest BCUT2D eigenvalue weighted by Crippen LogP contribution is -2.10. The number of nitrogens with two attached hydrogens (primary N) is 1. The fourth-order valence-electron chi connectivity index (χ4n) is 0.368. The van der Waals surface area contributed by atoms with Crippen LogP contribution in [0.5, 0.6) is 0 Å². The minimum atomic E-state index is -0.666. The molecule has 0 bridgehead atoms. The molecule has 48 valence electrons. The van der Waals surface area contributed by atoms with Crippen molar-refractivity contribution in [1.82, 2.24) is 4.98 Å². The van der Waals surface area contributed by atoms with Crippen LogP contribution in [0.1, 0.15) is 10.7 Å². The van der Waals surface area contributed by atoms with E-state index in [1.807, 2.05) is 0 Å². The third kappa shape index (κ3) is 1.29. The van der Waals surface area contributed by atoms with Crippen LogP contribution in [0, 0.1) is 0 Å². The maximum Gasteiger partial charge on any atom is 0.304 e. The first-order valence-corrected chi connectivity index (χ1v) is 2.90. The van der Waals surface area contributed by atoms with Gasteiger partial charge in [-0.15, -0.1) is 0 Å². The highest BCUT2D eigenvalue weighted by Gasteiger charge is 2.05. The first-order chi connectivity index (χ1) is 4.20. The van der Waals surface area contributed by atoms with E-state index in [0.717, 1.165) is 0 Å². The van der Waals surface area contributed by atoms with Gasteiger partial charge in [0.25, 0.3) is 5.89 Å².